The van der Waals surface area contributed by atoms with E-state index in [1.54, 1.807) is 13.4 Å². The van der Waals surface area contributed by atoms with Crippen molar-refractivity contribution >= 4 is 5.71 Å². The van der Waals surface area contributed by atoms with E-state index in [1.165, 1.54) is 0 Å². The third-order valence-electron chi connectivity index (χ3n) is 5.28. The maximum Gasteiger partial charge on any atom is 0.214 e. The lowest BCUT2D eigenvalue weighted by Crippen LogP contribution is -2.33. The summed E-state index contributed by atoms with van der Waals surface area (Å²) in [5.41, 5.74) is 2.98. The molecule has 0 spiro atoms. The fraction of sp³-hybridized carbons (Fsp3) is 0.261. The van der Waals surface area contributed by atoms with Crippen molar-refractivity contribution in [2.24, 2.45) is 5.10 Å². The molecule has 2 aromatic carbocycles. The second kappa shape index (κ2) is 7.20. The summed E-state index contributed by atoms with van der Waals surface area (Å²) < 4.78 is 23.2. The SMILES string of the molecule is CCOc1ccc([C@H]2Oc3c(OC)cccc3[C@@H]3CC(c4ccco4)=NN23)cc1. The van der Waals surface area contributed by atoms with E-state index in [0.717, 1.165) is 46.3 Å². The summed E-state index contributed by atoms with van der Waals surface area (Å²) in [7, 11) is 1.66. The summed E-state index contributed by atoms with van der Waals surface area (Å²) in [5.74, 6) is 3.12. The summed E-state index contributed by atoms with van der Waals surface area (Å²) in [4.78, 5) is 0. The van der Waals surface area contributed by atoms with Gasteiger partial charge in [0.05, 0.1) is 26.0 Å². The number of rotatable bonds is 5. The van der Waals surface area contributed by atoms with Crippen LogP contribution in [-0.4, -0.2) is 24.4 Å². The Morgan fingerprint density at radius 3 is 2.69 bits per heavy atom. The summed E-state index contributed by atoms with van der Waals surface area (Å²) in [6, 6.07) is 17.8. The maximum absolute atomic E-state index is 6.44. The molecular weight excluding hydrogens is 368 g/mol. The third kappa shape index (κ3) is 3.01. The average molecular weight is 390 g/mol. The monoisotopic (exact) mass is 390 g/mol. The predicted molar refractivity (Wildman–Crippen MR) is 108 cm³/mol. The molecule has 0 unspecified atom stereocenters. The summed E-state index contributed by atoms with van der Waals surface area (Å²) >= 11 is 0. The average Bonchev–Trinajstić information content (AvgIpc) is 3.43. The largest absolute Gasteiger partial charge is 0.494 e. The van der Waals surface area contributed by atoms with Gasteiger partial charge in [0.25, 0.3) is 0 Å². The lowest BCUT2D eigenvalue weighted by Gasteiger charge is -2.38. The Balaban J connectivity index is 1.57. The molecular formula is C23H22N2O4. The van der Waals surface area contributed by atoms with E-state index in [2.05, 4.69) is 6.07 Å². The van der Waals surface area contributed by atoms with Gasteiger partial charge in [-0.3, -0.25) is 0 Å². The molecule has 0 radical (unpaired) electrons. The van der Waals surface area contributed by atoms with Crippen molar-refractivity contribution in [2.45, 2.75) is 25.6 Å². The standard InChI is InChI=1S/C23H22N2O4/c1-3-27-16-11-9-15(10-12-16)23-25-19(14-18(24-25)20-8-5-13-28-20)17-6-4-7-21(26-2)22(17)29-23/h4-13,19,23H,3,14H2,1-2H3/t19-,23+/m0/s1. The highest BCUT2D eigenvalue weighted by molar-refractivity contribution is 5.99. The molecule has 3 aromatic rings. The van der Waals surface area contributed by atoms with Gasteiger partial charge >= 0.3 is 0 Å². The van der Waals surface area contributed by atoms with Gasteiger partial charge in [-0.25, -0.2) is 5.01 Å². The Morgan fingerprint density at radius 2 is 1.97 bits per heavy atom. The Labute approximate surface area is 169 Å². The molecule has 0 amide bonds. The molecule has 0 N–H and O–H groups in total. The van der Waals surface area contributed by atoms with E-state index in [9.17, 15) is 0 Å². The minimum Gasteiger partial charge on any atom is -0.494 e. The Bertz CT molecular complexity index is 1030. The molecule has 1 aromatic heterocycles. The van der Waals surface area contributed by atoms with Crippen LogP contribution in [0, 0.1) is 0 Å². The molecule has 3 heterocycles. The van der Waals surface area contributed by atoms with Gasteiger partial charge in [0.1, 0.15) is 17.2 Å². The zero-order valence-electron chi connectivity index (χ0n) is 16.4. The number of fused-ring (bicyclic) bond motifs is 3. The molecule has 6 heteroatoms. The summed E-state index contributed by atoms with van der Waals surface area (Å²) in [6.07, 6.45) is 2.05. The Kier molecular flexibility index (Phi) is 4.39. The van der Waals surface area contributed by atoms with Crippen LogP contribution in [0.1, 0.15) is 42.5 Å². The van der Waals surface area contributed by atoms with Crippen LogP contribution >= 0.6 is 0 Å². The van der Waals surface area contributed by atoms with E-state index in [0.29, 0.717) is 6.61 Å². The van der Waals surface area contributed by atoms with Crippen molar-refractivity contribution in [3.05, 3.63) is 77.7 Å². The van der Waals surface area contributed by atoms with Gasteiger partial charge in [-0.05, 0) is 49.4 Å². The molecule has 0 bridgehead atoms. The van der Waals surface area contributed by atoms with Crippen molar-refractivity contribution < 1.29 is 18.6 Å². The van der Waals surface area contributed by atoms with Gasteiger partial charge in [0.15, 0.2) is 11.5 Å². The highest BCUT2D eigenvalue weighted by atomic mass is 16.5. The Morgan fingerprint density at radius 1 is 1.10 bits per heavy atom. The molecule has 6 nitrogen and oxygen atoms in total. The number of furan rings is 1. The molecule has 148 valence electrons. The maximum atomic E-state index is 6.44. The van der Waals surface area contributed by atoms with Crippen molar-refractivity contribution in [1.82, 2.24) is 5.01 Å². The van der Waals surface area contributed by atoms with Gasteiger partial charge in [-0.2, -0.15) is 5.10 Å². The number of methoxy groups -OCH3 is 1. The van der Waals surface area contributed by atoms with Crippen molar-refractivity contribution in [3.8, 4) is 17.2 Å². The van der Waals surface area contributed by atoms with E-state index in [4.69, 9.17) is 23.7 Å². The molecule has 0 saturated heterocycles. The van der Waals surface area contributed by atoms with Gasteiger partial charge in [-0.15, -0.1) is 0 Å². The van der Waals surface area contributed by atoms with Crippen LogP contribution in [0.5, 0.6) is 17.2 Å². The number of ether oxygens (including phenoxy) is 3. The highest BCUT2D eigenvalue weighted by Gasteiger charge is 2.42. The topological polar surface area (TPSA) is 56.4 Å². The first-order valence-electron chi connectivity index (χ1n) is 9.74. The lowest BCUT2D eigenvalue weighted by molar-refractivity contribution is -0.0209. The predicted octanol–water partition coefficient (Wildman–Crippen LogP) is 4.93. The first-order valence-corrected chi connectivity index (χ1v) is 9.74. The van der Waals surface area contributed by atoms with E-state index in [-0.39, 0.29) is 12.3 Å². The minimum absolute atomic E-state index is 0.0468. The number of nitrogens with zero attached hydrogens (tertiary/aromatic N) is 2. The van der Waals surface area contributed by atoms with Crippen LogP contribution in [0.15, 0.2) is 70.4 Å². The minimum atomic E-state index is -0.369. The second-order valence-corrected chi connectivity index (χ2v) is 6.97. The number of benzene rings is 2. The lowest BCUT2D eigenvalue weighted by atomic mass is 9.97. The summed E-state index contributed by atoms with van der Waals surface area (Å²) in [6.45, 7) is 2.61. The van der Waals surface area contributed by atoms with Crippen LogP contribution in [0.3, 0.4) is 0 Å². The van der Waals surface area contributed by atoms with Crippen molar-refractivity contribution in [2.75, 3.05) is 13.7 Å². The fourth-order valence-corrected chi connectivity index (χ4v) is 3.95. The molecule has 2 aliphatic heterocycles. The van der Waals surface area contributed by atoms with Crippen LogP contribution < -0.4 is 14.2 Å². The molecule has 2 atom stereocenters. The first kappa shape index (κ1) is 17.7. The smallest absolute Gasteiger partial charge is 0.214 e. The first-order chi connectivity index (χ1) is 14.3. The van der Waals surface area contributed by atoms with Crippen molar-refractivity contribution in [3.63, 3.8) is 0 Å². The van der Waals surface area contributed by atoms with Crippen LogP contribution in [0.2, 0.25) is 0 Å². The highest BCUT2D eigenvalue weighted by Crippen LogP contribution is 2.50. The second-order valence-electron chi connectivity index (χ2n) is 6.97. The third-order valence-corrected chi connectivity index (χ3v) is 5.28. The number of hydrogen-bond donors (Lipinski definition) is 0. The molecule has 0 saturated carbocycles. The van der Waals surface area contributed by atoms with E-state index < -0.39 is 0 Å². The van der Waals surface area contributed by atoms with Crippen LogP contribution in [-0.2, 0) is 0 Å². The molecule has 0 fully saturated rings. The Hall–Kier alpha value is -3.41. The van der Waals surface area contributed by atoms with Crippen LogP contribution in [0.4, 0.5) is 0 Å². The number of hydrazone groups is 1. The number of hydrogen-bond acceptors (Lipinski definition) is 6. The molecule has 2 aliphatic rings. The van der Waals surface area contributed by atoms with Gasteiger partial charge in [0.2, 0.25) is 6.23 Å². The zero-order valence-corrected chi connectivity index (χ0v) is 16.4. The molecule has 5 rings (SSSR count). The fourth-order valence-electron chi connectivity index (χ4n) is 3.95. The van der Waals surface area contributed by atoms with Crippen LogP contribution in [0.25, 0.3) is 0 Å². The normalized spacial score (nSPS) is 19.8. The summed E-state index contributed by atoms with van der Waals surface area (Å²) in [5, 5.41) is 6.91. The van der Waals surface area contributed by atoms with E-state index >= 15 is 0 Å². The zero-order chi connectivity index (χ0) is 19.8. The van der Waals surface area contributed by atoms with Gasteiger partial charge in [0, 0.05) is 17.5 Å². The van der Waals surface area contributed by atoms with Gasteiger partial charge < -0.3 is 18.6 Å². The van der Waals surface area contributed by atoms with Crippen molar-refractivity contribution in [1.29, 1.82) is 0 Å². The van der Waals surface area contributed by atoms with E-state index in [1.807, 2.05) is 60.5 Å². The number of para-hydroxylation sites is 1. The van der Waals surface area contributed by atoms with Gasteiger partial charge in [-0.1, -0.05) is 12.1 Å². The molecule has 29 heavy (non-hydrogen) atoms. The molecule has 0 aliphatic carbocycles. The quantitative estimate of drug-likeness (QED) is 0.618.